The van der Waals surface area contributed by atoms with Crippen molar-refractivity contribution in [2.75, 3.05) is 11.1 Å². The van der Waals surface area contributed by atoms with Crippen molar-refractivity contribution in [3.05, 3.63) is 30.1 Å². The first kappa shape index (κ1) is 12.0. The van der Waals surface area contributed by atoms with Crippen LogP contribution in [0.5, 0.6) is 0 Å². The number of rotatable bonds is 1. The Hall–Kier alpha value is -1.03. The third-order valence-electron chi connectivity index (χ3n) is 3.70. The van der Waals surface area contributed by atoms with Gasteiger partial charge in [0.1, 0.15) is 5.82 Å². The molecule has 1 N–H and O–H groups in total. The molecular formula is C14H17FN2S. The molecule has 0 unspecified atom stereocenters. The molecule has 4 heteroatoms. The second-order valence-electron chi connectivity index (χ2n) is 5.12. The number of halogens is 1. The summed E-state index contributed by atoms with van der Waals surface area (Å²) in [6.07, 6.45) is 6.38. The van der Waals surface area contributed by atoms with Crippen LogP contribution in [-0.2, 0) is 0 Å². The molecule has 0 amide bonds. The number of amidine groups is 1. The normalized spacial score (nSPS) is 21.9. The van der Waals surface area contributed by atoms with E-state index in [0.29, 0.717) is 0 Å². The van der Waals surface area contributed by atoms with Gasteiger partial charge < -0.3 is 5.32 Å². The van der Waals surface area contributed by atoms with Crippen LogP contribution in [0.3, 0.4) is 0 Å². The molecule has 2 nitrogen and oxygen atoms in total. The van der Waals surface area contributed by atoms with Crippen LogP contribution in [0.2, 0.25) is 0 Å². The molecule has 0 radical (unpaired) electrons. The molecule has 1 aliphatic heterocycles. The van der Waals surface area contributed by atoms with Crippen LogP contribution < -0.4 is 5.32 Å². The van der Waals surface area contributed by atoms with Crippen LogP contribution in [-0.4, -0.2) is 16.5 Å². The molecule has 1 aromatic carbocycles. The lowest BCUT2D eigenvalue weighted by molar-refractivity contribution is 0.335. The molecule has 1 aromatic rings. The van der Waals surface area contributed by atoms with Gasteiger partial charge in [-0.25, -0.2) is 4.39 Å². The van der Waals surface area contributed by atoms with E-state index in [1.54, 1.807) is 23.9 Å². The standard InChI is InChI=1S/C14H17FN2S/c15-11-4-6-12(7-5-11)16-13-17-14(10-18-13)8-2-1-3-9-14/h4-7H,1-3,8-10H2,(H,16,17). The van der Waals surface area contributed by atoms with E-state index in [4.69, 9.17) is 4.99 Å². The number of hydrogen-bond donors (Lipinski definition) is 1. The molecule has 18 heavy (non-hydrogen) atoms. The summed E-state index contributed by atoms with van der Waals surface area (Å²) in [7, 11) is 0. The Morgan fingerprint density at radius 3 is 2.56 bits per heavy atom. The first-order valence-corrected chi connectivity index (χ1v) is 7.50. The number of nitrogens with one attached hydrogen (secondary N) is 1. The predicted octanol–water partition coefficient (Wildman–Crippen LogP) is 4.04. The first-order chi connectivity index (χ1) is 8.76. The van der Waals surface area contributed by atoms with Crippen molar-refractivity contribution in [2.45, 2.75) is 37.6 Å². The predicted molar refractivity (Wildman–Crippen MR) is 75.7 cm³/mol. The Kier molecular flexibility index (Phi) is 3.29. The molecule has 0 aromatic heterocycles. The fraction of sp³-hybridized carbons (Fsp3) is 0.500. The van der Waals surface area contributed by atoms with Gasteiger partial charge >= 0.3 is 0 Å². The lowest BCUT2D eigenvalue weighted by atomic mass is 9.84. The van der Waals surface area contributed by atoms with E-state index in [9.17, 15) is 4.39 Å². The third-order valence-corrected chi connectivity index (χ3v) is 4.84. The summed E-state index contributed by atoms with van der Waals surface area (Å²) in [6.45, 7) is 0. The Balaban J connectivity index is 1.70. The summed E-state index contributed by atoms with van der Waals surface area (Å²) in [5, 5.41) is 4.28. The van der Waals surface area contributed by atoms with E-state index in [2.05, 4.69) is 5.32 Å². The topological polar surface area (TPSA) is 24.4 Å². The minimum Gasteiger partial charge on any atom is -0.335 e. The summed E-state index contributed by atoms with van der Waals surface area (Å²) in [5.74, 6) is 0.890. The average Bonchev–Trinajstić information content (AvgIpc) is 2.76. The number of aliphatic imine (C=N–C) groups is 1. The second kappa shape index (κ2) is 4.92. The van der Waals surface area contributed by atoms with Gasteiger partial charge in [-0.1, -0.05) is 31.0 Å². The second-order valence-corrected chi connectivity index (χ2v) is 6.09. The van der Waals surface area contributed by atoms with Crippen LogP contribution in [0.4, 0.5) is 10.1 Å². The Labute approximate surface area is 111 Å². The van der Waals surface area contributed by atoms with Crippen LogP contribution in [0.15, 0.2) is 29.3 Å². The van der Waals surface area contributed by atoms with Crippen molar-refractivity contribution in [3.63, 3.8) is 0 Å². The molecule has 3 rings (SSSR count). The van der Waals surface area contributed by atoms with E-state index >= 15 is 0 Å². The number of hydrogen-bond acceptors (Lipinski definition) is 3. The molecular weight excluding hydrogens is 247 g/mol. The number of anilines is 1. The van der Waals surface area contributed by atoms with E-state index < -0.39 is 0 Å². The molecule has 1 aliphatic carbocycles. The largest absolute Gasteiger partial charge is 0.335 e. The molecule has 1 saturated carbocycles. The van der Waals surface area contributed by atoms with Crippen LogP contribution in [0.1, 0.15) is 32.1 Å². The van der Waals surface area contributed by atoms with Gasteiger partial charge in [0.25, 0.3) is 0 Å². The van der Waals surface area contributed by atoms with Crippen molar-refractivity contribution in [1.82, 2.24) is 0 Å². The van der Waals surface area contributed by atoms with Crippen molar-refractivity contribution in [3.8, 4) is 0 Å². The summed E-state index contributed by atoms with van der Waals surface area (Å²) in [5.41, 5.74) is 1.10. The van der Waals surface area contributed by atoms with Crippen LogP contribution in [0.25, 0.3) is 0 Å². The zero-order valence-corrected chi connectivity index (χ0v) is 11.1. The molecule has 1 spiro atoms. The van der Waals surface area contributed by atoms with Gasteiger partial charge in [0.15, 0.2) is 5.17 Å². The molecule has 0 saturated heterocycles. The highest BCUT2D eigenvalue weighted by atomic mass is 32.2. The first-order valence-electron chi connectivity index (χ1n) is 6.51. The monoisotopic (exact) mass is 264 g/mol. The maximum Gasteiger partial charge on any atom is 0.161 e. The van der Waals surface area contributed by atoms with E-state index in [1.165, 1.54) is 44.2 Å². The Morgan fingerprint density at radius 1 is 1.11 bits per heavy atom. The SMILES string of the molecule is Fc1ccc(NC2=NC3(CCCCC3)CS2)cc1. The maximum absolute atomic E-state index is 12.8. The smallest absolute Gasteiger partial charge is 0.161 e. The zero-order valence-electron chi connectivity index (χ0n) is 10.3. The Morgan fingerprint density at radius 2 is 1.83 bits per heavy atom. The summed E-state index contributed by atoms with van der Waals surface area (Å²) < 4.78 is 12.8. The van der Waals surface area contributed by atoms with Gasteiger partial charge in [0, 0.05) is 11.4 Å². The molecule has 2 aliphatic rings. The van der Waals surface area contributed by atoms with Gasteiger partial charge in [-0.2, -0.15) is 0 Å². The Bertz CT molecular complexity index is 449. The van der Waals surface area contributed by atoms with Crippen molar-refractivity contribution in [2.24, 2.45) is 4.99 Å². The fourth-order valence-corrected chi connectivity index (χ4v) is 3.88. The van der Waals surface area contributed by atoms with E-state index in [0.717, 1.165) is 16.6 Å². The zero-order chi connectivity index (χ0) is 12.4. The van der Waals surface area contributed by atoms with E-state index in [-0.39, 0.29) is 11.4 Å². The van der Waals surface area contributed by atoms with E-state index in [1.807, 2.05) is 0 Å². The van der Waals surface area contributed by atoms with Gasteiger partial charge in [0.05, 0.1) is 5.54 Å². The highest BCUT2D eigenvalue weighted by Gasteiger charge is 2.36. The maximum atomic E-state index is 12.8. The minimum atomic E-state index is -0.203. The number of benzene rings is 1. The highest BCUT2D eigenvalue weighted by Crippen LogP contribution is 2.39. The summed E-state index contributed by atoms with van der Waals surface area (Å²) in [6, 6.07) is 6.45. The molecule has 1 heterocycles. The third kappa shape index (κ3) is 2.53. The lowest BCUT2D eigenvalue weighted by Crippen LogP contribution is -2.29. The van der Waals surface area contributed by atoms with Crippen molar-refractivity contribution < 1.29 is 4.39 Å². The molecule has 0 bridgehead atoms. The quantitative estimate of drug-likeness (QED) is 0.827. The molecule has 96 valence electrons. The molecule has 0 atom stereocenters. The van der Waals surface area contributed by atoms with Crippen molar-refractivity contribution >= 4 is 22.6 Å². The lowest BCUT2D eigenvalue weighted by Gasteiger charge is -2.29. The van der Waals surface area contributed by atoms with Gasteiger partial charge in [0.2, 0.25) is 0 Å². The minimum absolute atomic E-state index is 0.186. The molecule has 1 fully saturated rings. The number of thioether (sulfide) groups is 1. The summed E-state index contributed by atoms with van der Waals surface area (Å²) >= 11 is 1.79. The van der Waals surface area contributed by atoms with Crippen molar-refractivity contribution in [1.29, 1.82) is 0 Å². The summed E-state index contributed by atoms with van der Waals surface area (Å²) in [4.78, 5) is 4.87. The van der Waals surface area contributed by atoms with Crippen LogP contribution in [0, 0.1) is 5.82 Å². The van der Waals surface area contributed by atoms with Crippen LogP contribution >= 0.6 is 11.8 Å². The highest BCUT2D eigenvalue weighted by molar-refractivity contribution is 8.14. The van der Waals surface area contributed by atoms with Gasteiger partial charge in [-0.15, -0.1) is 0 Å². The van der Waals surface area contributed by atoms with Gasteiger partial charge in [-0.3, -0.25) is 4.99 Å². The average molecular weight is 264 g/mol. The number of nitrogens with zero attached hydrogens (tertiary/aromatic N) is 1. The fourth-order valence-electron chi connectivity index (χ4n) is 2.67. The van der Waals surface area contributed by atoms with Gasteiger partial charge in [-0.05, 0) is 37.1 Å².